The van der Waals surface area contributed by atoms with Crippen LogP contribution >= 0.6 is 0 Å². The van der Waals surface area contributed by atoms with Gasteiger partial charge in [0.2, 0.25) is 0 Å². The van der Waals surface area contributed by atoms with Crippen LogP contribution in [0.2, 0.25) is 0 Å². The minimum atomic E-state index is -0.141. The van der Waals surface area contributed by atoms with Crippen molar-refractivity contribution in [2.45, 2.75) is 39.2 Å². The molecule has 164 valence electrons. The van der Waals surface area contributed by atoms with Crippen LogP contribution < -0.4 is 10.9 Å². The van der Waals surface area contributed by atoms with Gasteiger partial charge in [0.25, 0.3) is 17.4 Å². The Bertz CT molecular complexity index is 1350. The predicted molar refractivity (Wildman–Crippen MR) is 122 cm³/mol. The third-order valence-electron chi connectivity index (χ3n) is 5.93. The number of hydrogen-bond acceptors (Lipinski definition) is 7. The summed E-state index contributed by atoms with van der Waals surface area (Å²) >= 11 is 0. The molecule has 1 aromatic carbocycles. The molecule has 1 atom stereocenters. The Morgan fingerprint density at radius 1 is 1.12 bits per heavy atom. The molecule has 0 amide bonds. The molecule has 4 aromatic rings. The number of benzene rings is 1. The van der Waals surface area contributed by atoms with Gasteiger partial charge in [0.05, 0.1) is 5.52 Å². The Balaban J connectivity index is 1.48. The summed E-state index contributed by atoms with van der Waals surface area (Å²) in [6.07, 6.45) is 4.70. The Kier molecular flexibility index (Phi) is 5.22. The van der Waals surface area contributed by atoms with E-state index in [9.17, 15) is 4.79 Å². The van der Waals surface area contributed by atoms with E-state index in [2.05, 4.69) is 20.4 Å². The molecule has 0 aliphatic carbocycles. The van der Waals surface area contributed by atoms with Crippen molar-refractivity contribution >= 4 is 22.5 Å². The van der Waals surface area contributed by atoms with Gasteiger partial charge in [-0.05, 0) is 73.7 Å². The number of aromatic nitrogens is 4. The fourth-order valence-electron chi connectivity index (χ4n) is 4.13. The Labute approximate surface area is 185 Å². The van der Waals surface area contributed by atoms with E-state index in [1.165, 1.54) is 0 Å². The highest BCUT2D eigenvalue weighted by atomic mass is 16.5. The van der Waals surface area contributed by atoms with Crippen molar-refractivity contribution in [3.63, 3.8) is 0 Å². The Hall–Kier alpha value is -3.52. The lowest BCUT2D eigenvalue weighted by Crippen LogP contribution is -2.19. The summed E-state index contributed by atoms with van der Waals surface area (Å²) in [5, 5.41) is 8.15. The number of rotatable bonds is 4. The van der Waals surface area contributed by atoms with E-state index in [0.29, 0.717) is 24.0 Å². The van der Waals surface area contributed by atoms with Crippen molar-refractivity contribution in [3.8, 4) is 11.1 Å². The van der Waals surface area contributed by atoms with Crippen molar-refractivity contribution in [2.24, 2.45) is 7.05 Å². The van der Waals surface area contributed by atoms with Gasteiger partial charge in [0.1, 0.15) is 6.10 Å². The van der Waals surface area contributed by atoms with Gasteiger partial charge in [-0.3, -0.25) is 9.78 Å². The summed E-state index contributed by atoms with van der Waals surface area (Å²) in [5.41, 5.74) is 4.92. The summed E-state index contributed by atoms with van der Waals surface area (Å²) < 4.78 is 12.8. The zero-order chi connectivity index (χ0) is 22.2. The van der Waals surface area contributed by atoms with Crippen LogP contribution in [0.25, 0.3) is 22.0 Å². The van der Waals surface area contributed by atoms with Crippen LogP contribution in [0.15, 0.2) is 45.8 Å². The minimum absolute atomic E-state index is 0.0559. The molecule has 0 radical (unpaired) electrons. The highest BCUT2D eigenvalue weighted by Gasteiger charge is 2.22. The number of hydrogen-bond donors (Lipinski definition) is 1. The van der Waals surface area contributed by atoms with Crippen molar-refractivity contribution in [3.05, 3.63) is 64.0 Å². The summed E-state index contributed by atoms with van der Waals surface area (Å²) in [6.45, 7) is 4.62. The molecule has 1 saturated heterocycles. The molecule has 1 fully saturated rings. The molecule has 1 aliphatic rings. The van der Waals surface area contributed by atoms with Gasteiger partial charge in [-0.2, -0.15) is 4.98 Å². The first-order valence-electron chi connectivity index (χ1n) is 10.8. The standard InChI is InChI=1S/C24H25N5O3/c1-14-7-8-17(26-24-27-22(32-28-24)21-6-4-5-9-31-21)12-18(14)19-11-16-13-25-15(2)10-20(16)29(3)23(19)30/h7-8,10-13,21H,4-6,9H2,1-3H3,(H,26,28)/t21-/m1/s1. The molecule has 4 heterocycles. The van der Waals surface area contributed by atoms with E-state index in [1.807, 2.05) is 44.2 Å². The van der Waals surface area contributed by atoms with Crippen LogP contribution in [0.5, 0.6) is 0 Å². The third kappa shape index (κ3) is 3.78. The Morgan fingerprint density at radius 2 is 2.00 bits per heavy atom. The quantitative estimate of drug-likeness (QED) is 0.505. The van der Waals surface area contributed by atoms with E-state index in [4.69, 9.17) is 9.26 Å². The second-order valence-corrected chi connectivity index (χ2v) is 8.27. The number of aryl methyl sites for hydroxylation is 3. The first-order valence-corrected chi connectivity index (χ1v) is 10.8. The molecule has 1 aliphatic heterocycles. The predicted octanol–water partition coefficient (Wildman–Crippen LogP) is 4.59. The van der Waals surface area contributed by atoms with Crippen LogP contribution in [0, 0.1) is 13.8 Å². The number of pyridine rings is 2. The fourth-order valence-corrected chi connectivity index (χ4v) is 4.13. The molecule has 1 N–H and O–H groups in total. The molecule has 32 heavy (non-hydrogen) atoms. The smallest absolute Gasteiger partial charge is 0.267 e. The number of fused-ring (bicyclic) bond motifs is 1. The third-order valence-corrected chi connectivity index (χ3v) is 5.93. The number of nitrogens with one attached hydrogen (secondary N) is 1. The van der Waals surface area contributed by atoms with Gasteiger partial charge < -0.3 is 19.1 Å². The molecule has 0 saturated carbocycles. The zero-order valence-corrected chi connectivity index (χ0v) is 18.4. The molecular weight excluding hydrogens is 406 g/mol. The summed E-state index contributed by atoms with van der Waals surface area (Å²) in [6, 6.07) is 9.67. The SMILES string of the molecule is Cc1cc2c(cn1)cc(-c1cc(Nc3noc([C@H]4CCCCO4)n3)ccc1C)c(=O)n2C. The molecular formula is C24H25N5O3. The van der Waals surface area contributed by atoms with Crippen molar-refractivity contribution in [1.29, 1.82) is 0 Å². The molecule has 5 rings (SSSR count). The summed E-state index contributed by atoms with van der Waals surface area (Å²) in [4.78, 5) is 22.0. The van der Waals surface area contributed by atoms with E-state index in [1.54, 1.807) is 17.8 Å². The molecule has 0 unspecified atom stereocenters. The highest BCUT2D eigenvalue weighted by molar-refractivity contribution is 5.85. The normalized spacial score (nSPS) is 16.4. The molecule has 0 spiro atoms. The van der Waals surface area contributed by atoms with Gasteiger partial charge in [-0.25, -0.2) is 0 Å². The first kappa shape index (κ1) is 20.4. The van der Waals surface area contributed by atoms with Crippen LogP contribution in [-0.4, -0.2) is 26.3 Å². The maximum absolute atomic E-state index is 13.2. The zero-order valence-electron chi connectivity index (χ0n) is 18.4. The van der Waals surface area contributed by atoms with Crippen LogP contribution in [-0.2, 0) is 11.8 Å². The lowest BCUT2D eigenvalue weighted by atomic mass is 9.99. The van der Waals surface area contributed by atoms with Gasteiger partial charge >= 0.3 is 0 Å². The number of ether oxygens (including phenoxy) is 1. The van der Waals surface area contributed by atoms with Crippen LogP contribution in [0.4, 0.5) is 11.6 Å². The summed E-state index contributed by atoms with van der Waals surface area (Å²) in [7, 11) is 1.79. The van der Waals surface area contributed by atoms with E-state index in [-0.39, 0.29) is 11.7 Å². The topological polar surface area (TPSA) is 95.1 Å². The number of anilines is 2. The maximum Gasteiger partial charge on any atom is 0.267 e. The van der Waals surface area contributed by atoms with E-state index >= 15 is 0 Å². The second-order valence-electron chi connectivity index (χ2n) is 8.27. The second kappa shape index (κ2) is 8.20. The lowest BCUT2D eigenvalue weighted by molar-refractivity contribution is -0.00459. The average molecular weight is 431 g/mol. The van der Waals surface area contributed by atoms with Crippen molar-refractivity contribution in [2.75, 3.05) is 11.9 Å². The monoisotopic (exact) mass is 431 g/mol. The maximum atomic E-state index is 13.2. The van der Waals surface area contributed by atoms with Crippen molar-refractivity contribution < 1.29 is 9.26 Å². The molecule has 3 aromatic heterocycles. The largest absolute Gasteiger partial charge is 0.368 e. The molecule has 8 heteroatoms. The Morgan fingerprint density at radius 3 is 2.81 bits per heavy atom. The van der Waals surface area contributed by atoms with E-state index in [0.717, 1.165) is 52.7 Å². The highest BCUT2D eigenvalue weighted by Crippen LogP contribution is 2.30. The molecule has 0 bridgehead atoms. The van der Waals surface area contributed by atoms with Crippen LogP contribution in [0.1, 0.15) is 42.5 Å². The van der Waals surface area contributed by atoms with Crippen molar-refractivity contribution in [1.82, 2.24) is 19.7 Å². The fraction of sp³-hybridized carbons (Fsp3) is 0.333. The van der Waals surface area contributed by atoms with Gasteiger partial charge in [0, 0.05) is 42.2 Å². The molecule has 8 nitrogen and oxygen atoms in total. The van der Waals surface area contributed by atoms with Gasteiger partial charge in [0.15, 0.2) is 0 Å². The first-order chi connectivity index (χ1) is 15.5. The average Bonchev–Trinajstić information content (AvgIpc) is 3.27. The lowest BCUT2D eigenvalue weighted by Gasteiger charge is -2.18. The number of nitrogens with zero attached hydrogens (tertiary/aromatic N) is 4. The van der Waals surface area contributed by atoms with Gasteiger partial charge in [-0.1, -0.05) is 6.07 Å². The van der Waals surface area contributed by atoms with Crippen LogP contribution in [0.3, 0.4) is 0 Å². The minimum Gasteiger partial charge on any atom is -0.368 e. The summed E-state index contributed by atoms with van der Waals surface area (Å²) in [5.74, 6) is 0.862. The van der Waals surface area contributed by atoms with E-state index < -0.39 is 0 Å². The van der Waals surface area contributed by atoms with Gasteiger partial charge in [-0.15, -0.1) is 0 Å².